The smallest absolute Gasteiger partial charge is 0.387 e. The van der Waals surface area contributed by atoms with Crippen molar-refractivity contribution in [3.63, 3.8) is 0 Å². The molecule has 1 aromatic carbocycles. The predicted molar refractivity (Wildman–Crippen MR) is 84.3 cm³/mol. The van der Waals surface area contributed by atoms with Gasteiger partial charge in [0.2, 0.25) is 0 Å². The van der Waals surface area contributed by atoms with Crippen LogP contribution >= 0.6 is 0 Å². The SMILES string of the molecule is FC(F)Oc1ccccc1CN1CCCC[C@H]1c1ccccn1. The minimum atomic E-state index is -2.80. The molecule has 1 aromatic heterocycles. The third kappa shape index (κ3) is 4.05. The van der Waals surface area contributed by atoms with E-state index in [1.807, 2.05) is 30.3 Å². The van der Waals surface area contributed by atoms with Gasteiger partial charge in [-0.05, 0) is 37.6 Å². The van der Waals surface area contributed by atoms with E-state index in [2.05, 4.69) is 14.6 Å². The summed E-state index contributed by atoms with van der Waals surface area (Å²) >= 11 is 0. The van der Waals surface area contributed by atoms with Gasteiger partial charge in [-0.2, -0.15) is 8.78 Å². The van der Waals surface area contributed by atoms with Crippen molar-refractivity contribution < 1.29 is 13.5 Å². The monoisotopic (exact) mass is 318 g/mol. The number of alkyl halides is 2. The van der Waals surface area contributed by atoms with Crippen LogP contribution in [0.2, 0.25) is 0 Å². The molecule has 1 aliphatic heterocycles. The Morgan fingerprint density at radius 2 is 1.96 bits per heavy atom. The number of ether oxygens (including phenoxy) is 1. The van der Waals surface area contributed by atoms with Crippen LogP contribution in [0.1, 0.15) is 36.6 Å². The number of likely N-dealkylation sites (tertiary alicyclic amines) is 1. The largest absolute Gasteiger partial charge is 0.434 e. The molecule has 0 amide bonds. The number of rotatable bonds is 5. The van der Waals surface area contributed by atoms with Gasteiger partial charge in [-0.15, -0.1) is 0 Å². The molecule has 5 heteroatoms. The third-order valence-electron chi connectivity index (χ3n) is 4.20. The lowest BCUT2D eigenvalue weighted by atomic mass is 9.98. The zero-order valence-corrected chi connectivity index (χ0v) is 12.9. The summed E-state index contributed by atoms with van der Waals surface area (Å²) in [6, 6.07) is 13.2. The zero-order chi connectivity index (χ0) is 16.1. The van der Waals surface area contributed by atoms with E-state index in [0.717, 1.165) is 37.1 Å². The van der Waals surface area contributed by atoms with Crippen LogP contribution in [0.3, 0.4) is 0 Å². The highest BCUT2D eigenvalue weighted by atomic mass is 19.3. The van der Waals surface area contributed by atoms with E-state index in [1.165, 1.54) is 0 Å². The van der Waals surface area contributed by atoms with Crippen molar-refractivity contribution in [2.24, 2.45) is 0 Å². The first-order chi connectivity index (χ1) is 11.2. The van der Waals surface area contributed by atoms with Gasteiger partial charge in [0.05, 0.1) is 11.7 Å². The number of pyridine rings is 1. The summed E-state index contributed by atoms with van der Waals surface area (Å²) in [5.41, 5.74) is 1.83. The zero-order valence-electron chi connectivity index (χ0n) is 12.9. The number of aromatic nitrogens is 1. The van der Waals surface area contributed by atoms with Gasteiger partial charge in [-0.3, -0.25) is 9.88 Å². The van der Waals surface area contributed by atoms with Gasteiger partial charge in [0.15, 0.2) is 0 Å². The van der Waals surface area contributed by atoms with Crippen LogP contribution in [-0.4, -0.2) is 23.0 Å². The molecule has 0 bridgehead atoms. The van der Waals surface area contributed by atoms with Crippen molar-refractivity contribution in [3.05, 3.63) is 59.9 Å². The lowest BCUT2D eigenvalue weighted by Gasteiger charge is -2.35. The second kappa shape index (κ2) is 7.51. The number of hydrogen-bond donors (Lipinski definition) is 0. The van der Waals surface area contributed by atoms with Crippen LogP contribution in [-0.2, 0) is 6.54 Å². The van der Waals surface area contributed by atoms with Gasteiger partial charge < -0.3 is 4.74 Å². The maximum atomic E-state index is 12.6. The average molecular weight is 318 g/mol. The highest BCUT2D eigenvalue weighted by molar-refractivity contribution is 5.33. The summed E-state index contributed by atoms with van der Waals surface area (Å²) in [4.78, 5) is 6.78. The molecule has 3 nitrogen and oxygen atoms in total. The van der Waals surface area contributed by atoms with E-state index in [9.17, 15) is 8.78 Å². The minimum Gasteiger partial charge on any atom is -0.434 e. The Hall–Kier alpha value is -2.01. The Bertz CT molecular complexity index is 621. The Morgan fingerprint density at radius 3 is 2.74 bits per heavy atom. The van der Waals surface area contributed by atoms with Gasteiger partial charge >= 0.3 is 6.61 Å². The van der Waals surface area contributed by atoms with Crippen LogP contribution in [0.25, 0.3) is 0 Å². The van der Waals surface area contributed by atoms with Crippen molar-refractivity contribution in [1.82, 2.24) is 9.88 Å². The highest BCUT2D eigenvalue weighted by Crippen LogP contribution is 2.32. The molecule has 3 rings (SSSR count). The number of para-hydroxylation sites is 1. The molecule has 0 unspecified atom stereocenters. The summed E-state index contributed by atoms with van der Waals surface area (Å²) in [5, 5.41) is 0. The number of hydrogen-bond acceptors (Lipinski definition) is 3. The summed E-state index contributed by atoms with van der Waals surface area (Å²) < 4.78 is 29.8. The fourth-order valence-corrected chi connectivity index (χ4v) is 3.15. The van der Waals surface area contributed by atoms with Crippen LogP contribution in [0, 0.1) is 0 Å². The van der Waals surface area contributed by atoms with Crippen LogP contribution in [0.4, 0.5) is 8.78 Å². The maximum Gasteiger partial charge on any atom is 0.387 e. The molecule has 1 aliphatic rings. The lowest BCUT2D eigenvalue weighted by molar-refractivity contribution is -0.0509. The van der Waals surface area contributed by atoms with Gasteiger partial charge in [-0.1, -0.05) is 30.7 Å². The molecular weight excluding hydrogens is 298 g/mol. The van der Waals surface area contributed by atoms with Crippen LogP contribution in [0.15, 0.2) is 48.7 Å². The van der Waals surface area contributed by atoms with Crippen molar-refractivity contribution in [1.29, 1.82) is 0 Å². The number of benzene rings is 1. The Labute approximate surface area is 134 Å². The Kier molecular flexibility index (Phi) is 5.18. The van der Waals surface area contributed by atoms with Gasteiger partial charge in [0, 0.05) is 18.3 Å². The second-order valence-corrected chi connectivity index (χ2v) is 5.72. The number of nitrogens with zero attached hydrogens (tertiary/aromatic N) is 2. The first-order valence-corrected chi connectivity index (χ1v) is 7.92. The van der Waals surface area contributed by atoms with E-state index < -0.39 is 6.61 Å². The fraction of sp³-hybridized carbons (Fsp3) is 0.389. The van der Waals surface area contributed by atoms with E-state index in [4.69, 9.17) is 0 Å². The summed E-state index contributed by atoms with van der Waals surface area (Å²) in [6.07, 6.45) is 5.11. The first-order valence-electron chi connectivity index (χ1n) is 7.92. The standard InChI is InChI=1S/C18H20F2N2O/c19-18(20)23-17-10-2-1-7-14(17)13-22-12-6-4-9-16(22)15-8-3-5-11-21-15/h1-3,5,7-8,10-11,16,18H,4,6,9,12-13H2/t16-/m0/s1. The molecule has 122 valence electrons. The summed E-state index contributed by atoms with van der Waals surface area (Å²) in [5.74, 6) is 0.257. The Morgan fingerprint density at radius 1 is 1.13 bits per heavy atom. The van der Waals surface area contributed by atoms with E-state index >= 15 is 0 Å². The third-order valence-corrected chi connectivity index (χ3v) is 4.20. The molecule has 1 saturated heterocycles. The summed E-state index contributed by atoms with van der Waals surface area (Å²) in [7, 11) is 0. The molecule has 2 heterocycles. The first kappa shape index (κ1) is 15.9. The normalized spacial score (nSPS) is 19.0. The predicted octanol–water partition coefficient (Wildman–Crippen LogP) is 4.41. The van der Waals surface area contributed by atoms with Crippen molar-refractivity contribution in [2.45, 2.75) is 38.5 Å². The topological polar surface area (TPSA) is 25.4 Å². The molecule has 1 atom stereocenters. The molecule has 0 aliphatic carbocycles. The quantitative estimate of drug-likeness (QED) is 0.816. The number of piperidine rings is 1. The van der Waals surface area contributed by atoms with E-state index in [1.54, 1.807) is 18.3 Å². The molecule has 2 aromatic rings. The van der Waals surface area contributed by atoms with Gasteiger partial charge in [0.25, 0.3) is 0 Å². The molecule has 0 saturated carbocycles. The number of halogens is 2. The molecule has 0 radical (unpaired) electrons. The van der Waals surface area contributed by atoms with Gasteiger partial charge in [-0.25, -0.2) is 0 Å². The minimum absolute atomic E-state index is 0.226. The molecule has 1 fully saturated rings. The van der Waals surface area contributed by atoms with E-state index in [-0.39, 0.29) is 11.8 Å². The molecule has 0 spiro atoms. The van der Waals surface area contributed by atoms with Crippen molar-refractivity contribution >= 4 is 0 Å². The Balaban J connectivity index is 1.80. The fourth-order valence-electron chi connectivity index (χ4n) is 3.15. The van der Waals surface area contributed by atoms with Crippen molar-refractivity contribution in [2.75, 3.05) is 6.54 Å². The summed E-state index contributed by atoms with van der Waals surface area (Å²) in [6.45, 7) is -1.28. The molecular formula is C18H20F2N2O. The van der Waals surface area contributed by atoms with Crippen molar-refractivity contribution in [3.8, 4) is 5.75 Å². The average Bonchev–Trinajstić information content (AvgIpc) is 2.57. The molecule has 0 N–H and O–H groups in total. The van der Waals surface area contributed by atoms with Crippen LogP contribution in [0.5, 0.6) is 5.75 Å². The molecule has 23 heavy (non-hydrogen) atoms. The maximum absolute atomic E-state index is 12.6. The highest BCUT2D eigenvalue weighted by Gasteiger charge is 2.25. The lowest BCUT2D eigenvalue weighted by Crippen LogP contribution is -2.33. The second-order valence-electron chi connectivity index (χ2n) is 5.72. The van der Waals surface area contributed by atoms with Crippen LogP contribution < -0.4 is 4.74 Å². The van der Waals surface area contributed by atoms with E-state index in [0.29, 0.717) is 6.54 Å². The van der Waals surface area contributed by atoms with Gasteiger partial charge in [0.1, 0.15) is 5.75 Å².